The molecule has 3 rings (SSSR count). The number of nitro groups is 1. The van der Waals surface area contributed by atoms with Crippen LogP contribution in [0.4, 0.5) is 17.1 Å². The lowest BCUT2D eigenvalue weighted by molar-refractivity contribution is -0.383. The molecule has 2 aromatic carbocycles. The molecule has 0 spiro atoms. The molecule has 0 bridgehead atoms. The predicted molar refractivity (Wildman–Crippen MR) is 104 cm³/mol. The molecule has 25 heavy (non-hydrogen) atoms. The van der Waals surface area contributed by atoms with Crippen molar-refractivity contribution < 1.29 is 9.72 Å². The molecule has 2 aromatic rings. The summed E-state index contributed by atoms with van der Waals surface area (Å²) in [5.74, 6) is 0.530. The van der Waals surface area contributed by atoms with Gasteiger partial charge in [-0.3, -0.25) is 14.9 Å². The summed E-state index contributed by atoms with van der Waals surface area (Å²) in [5, 5.41) is 13.2. The van der Waals surface area contributed by atoms with Crippen LogP contribution >= 0.6 is 23.5 Å². The van der Waals surface area contributed by atoms with E-state index in [1.165, 1.54) is 29.5 Å². The summed E-state index contributed by atoms with van der Waals surface area (Å²) in [5.41, 5.74) is 2.18. The van der Waals surface area contributed by atoms with Gasteiger partial charge in [-0.25, -0.2) is 4.99 Å². The Morgan fingerprint density at radius 2 is 2.00 bits per heavy atom. The molecule has 1 aliphatic heterocycles. The maximum absolute atomic E-state index is 12.4. The Morgan fingerprint density at radius 1 is 1.28 bits per heavy atom. The Labute approximate surface area is 153 Å². The lowest BCUT2D eigenvalue weighted by Gasteiger charge is -2.17. The largest absolute Gasteiger partial charge is 0.319 e. The van der Waals surface area contributed by atoms with Gasteiger partial charge in [0.1, 0.15) is 10.1 Å². The highest BCUT2D eigenvalue weighted by molar-refractivity contribution is 8.39. The number of nitro benzene ring substituents is 1. The van der Waals surface area contributed by atoms with Gasteiger partial charge in [0.2, 0.25) is 5.91 Å². The van der Waals surface area contributed by atoms with E-state index in [0.29, 0.717) is 0 Å². The molecule has 0 radical (unpaired) electrons. The van der Waals surface area contributed by atoms with E-state index in [9.17, 15) is 14.9 Å². The average Bonchev–Trinajstić information content (AvgIpc) is 2.61. The fourth-order valence-corrected chi connectivity index (χ4v) is 4.44. The second-order valence-corrected chi connectivity index (χ2v) is 7.87. The quantitative estimate of drug-likeness (QED) is 0.626. The molecule has 1 aliphatic rings. The van der Waals surface area contributed by atoms with Gasteiger partial charge in [0.15, 0.2) is 0 Å². The number of nitrogens with one attached hydrogen (secondary N) is 1. The fourth-order valence-electron chi connectivity index (χ4n) is 2.25. The molecule has 0 saturated heterocycles. The second-order valence-electron chi connectivity index (χ2n) is 5.32. The Morgan fingerprint density at radius 3 is 2.80 bits per heavy atom. The van der Waals surface area contributed by atoms with Crippen molar-refractivity contribution in [3.05, 3.63) is 64.2 Å². The zero-order chi connectivity index (χ0) is 17.8. The molecule has 0 aliphatic carbocycles. The lowest BCUT2D eigenvalue weighted by Crippen LogP contribution is -2.24. The number of nitrogens with zero attached hydrogens (tertiary/aromatic N) is 2. The Hall–Kier alpha value is -2.32. The number of para-hydroxylation sites is 3. The van der Waals surface area contributed by atoms with Crippen molar-refractivity contribution in [3.8, 4) is 0 Å². The number of anilines is 1. The Kier molecular flexibility index (Phi) is 5.40. The predicted octanol–water partition coefficient (Wildman–Crippen LogP) is 4.59. The highest BCUT2D eigenvalue weighted by Gasteiger charge is 2.22. The molecule has 6 nitrogen and oxygen atoms in total. The molecule has 1 N–H and O–H groups in total. The van der Waals surface area contributed by atoms with Crippen LogP contribution in [0.3, 0.4) is 0 Å². The molecule has 0 fully saturated rings. The summed E-state index contributed by atoms with van der Waals surface area (Å²) >= 11 is 2.95. The van der Waals surface area contributed by atoms with Gasteiger partial charge in [0.25, 0.3) is 5.69 Å². The van der Waals surface area contributed by atoms with Crippen LogP contribution < -0.4 is 5.32 Å². The number of thioether (sulfide) groups is 2. The monoisotopic (exact) mass is 373 g/mol. The van der Waals surface area contributed by atoms with Crippen molar-refractivity contribution in [2.24, 2.45) is 4.99 Å². The average molecular weight is 373 g/mol. The van der Waals surface area contributed by atoms with Crippen LogP contribution in [0.15, 0.2) is 53.5 Å². The third-order valence-electron chi connectivity index (χ3n) is 3.56. The molecule has 0 unspecified atom stereocenters. The second kappa shape index (κ2) is 7.71. The number of carbonyl (C=O) groups excluding carboxylic acids is 1. The number of hydrogen-bond acceptors (Lipinski definition) is 6. The van der Waals surface area contributed by atoms with Gasteiger partial charge in [-0.1, -0.05) is 53.9 Å². The summed E-state index contributed by atoms with van der Waals surface area (Å²) in [4.78, 5) is 27.5. The van der Waals surface area contributed by atoms with E-state index in [-0.39, 0.29) is 17.3 Å². The maximum Gasteiger partial charge on any atom is 0.292 e. The van der Waals surface area contributed by atoms with Crippen LogP contribution in [-0.4, -0.2) is 20.5 Å². The summed E-state index contributed by atoms with van der Waals surface area (Å²) < 4.78 is 0.823. The first-order valence-corrected chi connectivity index (χ1v) is 9.41. The van der Waals surface area contributed by atoms with Gasteiger partial charge in [0, 0.05) is 11.8 Å². The lowest BCUT2D eigenvalue weighted by atomic mass is 10.2. The Bertz CT molecular complexity index is 855. The normalized spacial score (nSPS) is 14.2. The minimum Gasteiger partial charge on any atom is -0.319 e. The first-order chi connectivity index (χ1) is 12.0. The Balaban J connectivity index is 1.68. The number of fused-ring (bicyclic) bond motifs is 1. The SMILES string of the molecule is C[C@H](SC1=Nc2ccccc2CS1)C(=O)Nc1ccccc1[N+](=O)[O-]. The number of carbonyl (C=O) groups is 1. The third kappa shape index (κ3) is 4.21. The van der Waals surface area contributed by atoms with E-state index in [2.05, 4.69) is 10.3 Å². The molecule has 1 heterocycles. The maximum atomic E-state index is 12.4. The number of hydrogen-bond donors (Lipinski definition) is 1. The van der Waals surface area contributed by atoms with Crippen molar-refractivity contribution in [2.45, 2.75) is 17.9 Å². The van der Waals surface area contributed by atoms with Gasteiger partial charge in [0.05, 0.1) is 15.9 Å². The summed E-state index contributed by atoms with van der Waals surface area (Å²) in [7, 11) is 0. The van der Waals surface area contributed by atoms with Gasteiger partial charge in [-0.15, -0.1) is 0 Å². The number of amides is 1. The fraction of sp³-hybridized carbons (Fsp3) is 0.176. The van der Waals surface area contributed by atoms with E-state index in [1.807, 2.05) is 24.3 Å². The molecule has 1 amide bonds. The zero-order valence-electron chi connectivity index (χ0n) is 13.3. The van der Waals surface area contributed by atoms with Crippen molar-refractivity contribution in [2.75, 3.05) is 5.32 Å². The number of rotatable bonds is 4. The standard InChI is InChI=1S/C17H15N3O3S2/c1-11(16(21)18-14-8-4-5-9-15(14)20(22)23)25-17-19-13-7-3-2-6-12(13)10-24-17/h2-9,11H,10H2,1H3,(H,18,21)/t11-/m0/s1. The van der Waals surface area contributed by atoms with Gasteiger partial charge < -0.3 is 5.32 Å². The van der Waals surface area contributed by atoms with E-state index in [0.717, 1.165) is 15.8 Å². The topological polar surface area (TPSA) is 84.6 Å². The van der Waals surface area contributed by atoms with Crippen molar-refractivity contribution in [1.82, 2.24) is 0 Å². The van der Waals surface area contributed by atoms with Crippen LogP contribution in [0.1, 0.15) is 12.5 Å². The highest BCUT2D eigenvalue weighted by Crippen LogP contribution is 2.36. The van der Waals surface area contributed by atoms with Crippen LogP contribution in [0.25, 0.3) is 0 Å². The van der Waals surface area contributed by atoms with Crippen molar-refractivity contribution in [1.29, 1.82) is 0 Å². The van der Waals surface area contributed by atoms with E-state index >= 15 is 0 Å². The summed E-state index contributed by atoms with van der Waals surface area (Å²) in [6.07, 6.45) is 0. The van der Waals surface area contributed by atoms with Crippen LogP contribution in [-0.2, 0) is 10.5 Å². The smallest absolute Gasteiger partial charge is 0.292 e. The number of benzene rings is 2. The van der Waals surface area contributed by atoms with E-state index in [4.69, 9.17) is 0 Å². The first-order valence-electron chi connectivity index (χ1n) is 7.55. The van der Waals surface area contributed by atoms with Gasteiger partial charge in [-0.2, -0.15) is 0 Å². The minimum absolute atomic E-state index is 0.119. The molecule has 128 valence electrons. The molecule has 1 atom stereocenters. The molecule has 8 heteroatoms. The molecule has 0 saturated carbocycles. The van der Waals surface area contributed by atoms with Crippen LogP contribution in [0, 0.1) is 10.1 Å². The molecular formula is C17H15N3O3S2. The van der Waals surface area contributed by atoms with E-state index in [1.54, 1.807) is 30.8 Å². The molecular weight excluding hydrogens is 358 g/mol. The number of aliphatic imine (C=N–C) groups is 1. The highest BCUT2D eigenvalue weighted by atomic mass is 32.2. The third-order valence-corrected chi connectivity index (χ3v) is 5.86. The summed E-state index contributed by atoms with van der Waals surface area (Å²) in [6.45, 7) is 1.76. The molecule has 0 aromatic heterocycles. The van der Waals surface area contributed by atoms with Crippen LogP contribution in [0.2, 0.25) is 0 Å². The summed E-state index contributed by atoms with van der Waals surface area (Å²) in [6, 6.07) is 14.0. The van der Waals surface area contributed by atoms with Gasteiger partial charge in [-0.05, 0) is 24.6 Å². The zero-order valence-corrected chi connectivity index (χ0v) is 15.0. The van der Waals surface area contributed by atoms with Gasteiger partial charge >= 0.3 is 0 Å². The van der Waals surface area contributed by atoms with Crippen molar-refractivity contribution >= 4 is 50.9 Å². The minimum atomic E-state index is -0.509. The van der Waals surface area contributed by atoms with Crippen molar-refractivity contribution in [3.63, 3.8) is 0 Å². The van der Waals surface area contributed by atoms with E-state index < -0.39 is 10.2 Å². The van der Waals surface area contributed by atoms with Crippen LogP contribution in [0.5, 0.6) is 0 Å². The first kappa shape index (κ1) is 17.5.